The Hall–Kier alpha value is -3.72. The van der Waals surface area contributed by atoms with Crippen LogP contribution < -0.4 is 11.1 Å². The van der Waals surface area contributed by atoms with Crippen molar-refractivity contribution in [1.82, 2.24) is 9.88 Å². The van der Waals surface area contributed by atoms with Gasteiger partial charge in [-0.05, 0) is 74.3 Å². The number of H-pyrrole nitrogens is 1. The van der Waals surface area contributed by atoms with Gasteiger partial charge in [0.15, 0.2) is 0 Å². The Bertz CT molecular complexity index is 1340. The maximum Gasteiger partial charge on any atom is 0.352 e. The predicted octanol–water partition coefficient (Wildman–Crippen LogP) is 4.68. The second kappa shape index (κ2) is 11.6. The minimum Gasteiger partial charge on any atom is -0.477 e. The Labute approximate surface area is 226 Å². The summed E-state index contributed by atoms with van der Waals surface area (Å²) in [5.41, 5.74) is 8.44. The number of benzene rings is 2. The molecule has 1 aromatic heterocycles. The zero-order chi connectivity index (χ0) is 27.5. The normalized spacial score (nSPS) is 24.0. The van der Waals surface area contributed by atoms with Gasteiger partial charge in [0, 0.05) is 41.0 Å². The zero-order valence-corrected chi connectivity index (χ0v) is 21.8. The molecule has 8 nitrogen and oxygen atoms in total. The highest BCUT2D eigenvalue weighted by molar-refractivity contribution is 6.01. The standard InChI is InChI=1S/C30H35FN4O4/c31-14-12-24(32)19-6-8-20(9-7-19)29(37)35-15-13-23(18-4-2-1-3-5-18)27(35)28(36)33-22-10-11-25-21(16-22)17-26(34-25)30(38)39/h1-5,10-11,16-17,19-20,23-24,27,34H,6-9,12-15,32H2,(H,33,36)(H,38,39)/t19-,20-,23-,24+,27-/m0/s1. The molecule has 2 aliphatic rings. The molecule has 2 aromatic carbocycles. The van der Waals surface area contributed by atoms with Crippen LogP contribution in [0.4, 0.5) is 10.1 Å². The van der Waals surface area contributed by atoms with Gasteiger partial charge in [0.2, 0.25) is 11.8 Å². The Morgan fingerprint density at radius 1 is 1.05 bits per heavy atom. The lowest BCUT2D eigenvalue weighted by Gasteiger charge is -2.35. The van der Waals surface area contributed by atoms with Crippen LogP contribution in [-0.2, 0) is 9.59 Å². The minimum atomic E-state index is -1.05. The molecule has 2 fully saturated rings. The number of carboxylic acid groups (broad SMARTS) is 1. The van der Waals surface area contributed by atoms with Crippen LogP contribution >= 0.6 is 0 Å². The molecule has 2 amide bonds. The number of carbonyl (C=O) groups excluding carboxylic acids is 2. The van der Waals surface area contributed by atoms with E-state index in [0.717, 1.165) is 18.4 Å². The van der Waals surface area contributed by atoms with E-state index < -0.39 is 18.7 Å². The summed E-state index contributed by atoms with van der Waals surface area (Å²) in [4.78, 5) is 43.5. The van der Waals surface area contributed by atoms with E-state index in [1.807, 2.05) is 30.3 Å². The number of alkyl halides is 1. The fraction of sp³-hybridized carbons (Fsp3) is 0.433. The lowest BCUT2D eigenvalue weighted by Crippen LogP contribution is -2.48. The van der Waals surface area contributed by atoms with Crippen molar-refractivity contribution in [1.29, 1.82) is 0 Å². The molecule has 3 aromatic rings. The molecule has 0 bridgehead atoms. The molecule has 0 unspecified atom stereocenters. The van der Waals surface area contributed by atoms with E-state index in [0.29, 0.717) is 48.8 Å². The van der Waals surface area contributed by atoms with Gasteiger partial charge >= 0.3 is 5.97 Å². The van der Waals surface area contributed by atoms with Crippen LogP contribution in [0.2, 0.25) is 0 Å². The van der Waals surface area contributed by atoms with E-state index in [9.17, 15) is 23.9 Å². The number of fused-ring (bicyclic) bond motifs is 1. The highest BCUT2D eigenvalue weighted by atomic mass is 19.1. The van der Waals surface area contributed by atoms with Gasteiger partial charge in [0.1, 0.15) is 11.7 Å². The number of carboxylic acids is 1. The average molecular weight is 535 g/mol. The van der Waals surface area contributed by atoms with Crippen molar-refractivity contribution in [3.05, 3.63) is 65.9 Å². The van der Waals surface area contributed by atoms with E-state index in [1.165, 1.54) is 6.07 Å². The number of hydrogen-bond acceptors (Lipinski definition) is 4. The highest BCUT2D eigenvalue weighted by Gasteiger charge is 2.44. The number of halogens is 1. The van der Waals surface area contributed by atoms with Gasteiger partial charge in [-0.25, -0.2) is 4.79 Å². The summed E-state index contributed by atoms with van der Waals surface area (Å²) in [6.45, 7) is 0.0692. The number of anilines is 1. The summed E-state index contributed by atoms with van der Waals surface area (Å²) in [6, 6.07) is 15.7. The van der Waals surface area contributed by atoms with Gasteiger partial charge in [0.05, 0.1) is 6.67 Å². The molecule has 9 heteroatoms. The summed E-state index contributed by atoms with van der Waals surface area (Å²) in [5.74, 6) is -1.40. The van der Waals surface area contributed by atoms with E-state index in [2.05, 4.69) is 10.3 Å². The lowest BCUT2D eigenvalue weighted by atomic mass is 9.77. The summed E-state index contributed by atoms with van der Waals surface area (Å²) in [7, 11) is 0. The van der Waals surface area contributed by atoms with E-state index in [1.54, 1.807) is 23.1 Å². The van der Waals surface area contributed by atoms with Crippen LogP contribution in [0.5, 0.6) is 0 Å². The minimum absolute atomic E-state index is 0.00159. The number of nitrogens with zero attached hydrogens (tertiary/aromatic N) is 1. The van der Waals surface area contributed by atoms with Crippen molar-refractivity contribution in [3.63, 3.8) is 0 Å². The number of aromatic amines is 1. The third-order valence-corrected chi connectivity index (χ3v) is 8.47. The highest BCUT2D eigenvalue weighted by Crippen LogP contribution is 2.38. The van der Waals surface area contributed by atoms with Crippen molar-refractivity contribution in [3.8, 4) is 0 Å². The molecule has 1 aliphatic carbocycles. The Morgan fingerprint density at radius 2 is 1.79 bits per heavy atom. The molecule has 206 valence electrons. The van der Waals surface area contributed by atoms with E-state index in [-0.39, 0.29) is 41.3 Å². The third-order valence-electron chi connectivity index (χ3n) is 8.47. The van der Waals surface area contributed by atoms with Crippen LogP contribution in [0.1, 0.15) is 60.5 Å². The van der Waals surface area contributed by atoms with Gasteiger partial charge < -0.3 is 26.0 Å². The molecule has 2 heterocycles. The molecule has 5 rings (SSSR count). The molecule has 5 N–H and O–H groups in total. The molecule has 0 radical (unpaired) electrons. The van der Waals surface area contributed by atoms with Gasteiger partial charge in [-0.3, -0.25) is 14.0 Å². The SMILES string of the molecule is N[C@H](CCF)[C@H]1CC[C@H](C(=O)N2CC[C@@H](c3ccccc3)[C@H]2C(=O)Nc2ccc3[nH]c(C(=O)O)cc3c2)CC1. The molecule has 1 aliphatic heterocycles. The smallest absolute Gasteiger partial charge is 0.352 e. The Balaban J connectivity index is 1.35. The molecule has 3 atom stereocenters. The number of nitrogens with two attached hydrogens (primary N) is 1. The van der Waals surface area contributed by atoms with Crippen molar-refractivity contribution in [2.45, 2.75) is 56.5 Å². The van der Waals surface area contributed by atoms with Gasteiger partial charge in [-0.1, -0.05) is 30.3 Å². The fourth-order valence-electron chi connectivity index (χ4n) is 6.35. The zero-order valence-electron chi connectivity index (χ0n) is 21.8. The van der Waals surface area contributed by atoms with Crippen LogP contribution in [-0.4, -0.2) is 58.1 Å². The second-order valence-corrected chi connectivity index (χ2v) is 10.8. The summed E-state index contributed by atoms with van der Waals surface area (Å²) >= 11 is 0. The maximum atomic E-state index is 13.8. The number of hydrogen-bond donors (Lipinski definition) is 4. The van der Waals surface area contributed by atoms with Crippen LogP contribution in [0, 0.1) is 11.8 Å². The number of carbonyl (C=O) groups is 3. The van der Waals surface area contributed by atoms with Crippen molar-refractivity contribution in [2.24, 2.45) is 17.6 Å². The molecule has 0 spiro atoms. The number of aromatic nitrogens is 1. The quantitative estimate of drug-likeness (QED) is 0.334. The first kappa shape index (κ1) is 26.9. The van der Waals surface area contributed by atoms with Crippen molar-refractivity contribution in [2.75, 3.05) is 18.5 Å². The maximum absolute atomic E-state index is 13.8. The molecule has 1 saturated heterocycles. The number of nitrogens with one attached hydrogen (secondary N) is 2. The summed E-state index contributed by atoms with van der Waals surface area (Å²) < 4.78 is 12.8. The Kier molecular flexibility index (Phi) is 7.97. The average Bonchev–Trinajstić information content (AvgIpc) is 3.58. The van der Waals surface area contributed by atoms with Gasteiger partial charge in [-0.15, -0.1) is 0 Å². The number of rotatable bonds is 8. The monoisotopic (exact) mass is 534 g/mol. The number of amides is 2. The van der Waals surface area contributed by atoms with Crippen molar-refractivity contribution >= 4 is 34.4 Å². The summed E-state index contributed by atoms with van der Waals surface area (Å²) in [6.07, 6.45) is 4.01. The Morgan fingerprint density at radius 3 is 2.49 bits per heavy atom. The van der Waals surface area contributed by atoms with Crippen LogP contribution in [0.15, 0.2) is 54.6 Å². The number of likely N-dealkylation sites (tertiary alicyclic amines) is 1. The van der Waals surface area contributed by atoms with Crippen LogP contribution in [0.3, 0.4) is 0 Å². The van der Waals surface area contributed by atoms with E-state index >= 15 is 0 Å². The predicted molar refractivity (Wildman–Crippen MR) is 147 cm³/mol. The molecular formula is C30H35FN4O4. The van der Waals surface area contributed by atoms with Crippen LogP contribution in [0.25, 0.3) is 10.9 Å². The lowest BCUT2D eigenvalue weighted by molar-refractivity contribution is -0.141. The first-order chi connectivity index (χ1) is 18.9. The second-order valence-electron chi connectivity index (χ2n) is 10.8. The first-order valence-corrected chi connectivity index (χ1v) is 13.7. The number of aromatic carboxylic acids is 1. The summed E-state index contributed by atoms with van der Waals surface area (Å²) in [5, 5.41) is 12.9. The van der Waals surface area contributed by atoms with Crippen molar-refractivity contribution < 1.29 is 23.9 Å². The molecular weight excluding hydrogens is 499 g/mol. The first-order valence-electron chi connectivity index (χ1n) is 13.7. The topological polar surface area (TPSA) is 129 Å². The van der Waals surface area contributed by atoms with E-state index in [4.69, 9.17) is 5.73 Å². The molecule has 1 saturated carbocycles. The molecule has 39 heavy (non-hydrogen) atoms. The third kappa shape index (κ3) is 5.68. The van der Waals surface area contributed by atoms with Gasteiger partial charge in [-0.2, -0.15) is 0 Å². The fourth-order valence-corrected chi connectivity index (χ4v) is 6.35. The van der Waals surface area contributed by atoms with Gasteiger partial charge in [0.25, 0.3) is 0 Å². The largest absolute Gasteiger partial charge is 0.477 e.